The Bertz CT molecular complexity index is 896. The molecule has 0 unspecified atom stereocenters. The summed E-state index contributed by atoms with van der Waals surface area (Å²) in [4.78, 5) is 24.0. The number of allylic oxidation sites excluding steroid dienone is 4. The zero-order chi connectivity index (χ0) is 29.1. The molecule has 40 heavy (non-hydrogen) atoms. The van der Waals surface area contributed by atoms with E-state index < -0.39 is 0 Å². The van der Waals surface area contributed by atoms with E-state index in [0.717, 1.165) is 31.2 Å². The second-order valence-electron chi connectivity index (χ2n) is 9.82. The molecule has 0 atom stereocenters. The van der Waals surface area contributed by atoms with Crippen LogP contribution in [0.1, 0.15) is 89.5 Å². The van der Waals surface area contributed by atoms with Crippen molar-refractivity contribution >= 4 is 17.9 Å². The van der Waals surface area contributed by atoms with Crippen LogP contribution < -0.4 is 25.4 Å². The summed E-state index contributed by atoms with van der Waals surface area (Å²) in [6.45, 7) is 4.64. The summed E-state index contributed by atoms with van der Waals surface area (Å²) in [5.74, 6) is 1.21. The summed E-state index contributed by atoms with van der Waals surface area (Å²) in [6.07, 6.45) is 26.0. The molecular formula is C33H53N3O4. The SMILES string of the molecule is CCCCC/C=C\C/C=C\CCCCCCCC(=O)NCCNCCNC(=O)/C=C/c1ccc(OC)c(OC)c1. The zero-order valence-electron chi connectivity index (χ0n) is 25.1. The molecule has 0 bridgehead atoms. The Morgan fingerprint density at radius 3 is 2.10 bits per heavy atom. The van der Waals surface area contributed by atoms with Crippen LogP contribution in [0.5, 0.6) is 11.5 Å². The van der Waals surface area contributed by atoms with Crippen LogP contribution in [-0.4, -0.2) is 52.2 Å². The van der Waals surface area contributed by atoms with Crippen molar-refractivity contribution in [1.82, 2.24) is 16.0 Å². The molecule has 7 heteroatoms. The van der Waals surface area contributed by atoms with Crippen LogP contribution in [0, 0.1) is 0 Å². The average molecular weight is 556 g/mol. The van der Waals surface area contributed by atoms with Gasteiger partial charge < -0.3 is 25.4 Å². The normalized spacial score (nSPS) is 11.5. The summed E-state index contributed by atoms with van der Waals surface area (Å²) in [7, 11) is 3.16. The fourth-order valence-corrected chi connectivity index (χ4v) is 4.06. The summed E-state index contributed by atoms with van der Waals surface area (Å²) in [5.41, 5.74) is 0.849. The molecule has 0 spiro atoms. The van der Waals surface area contributed by atoms with Crippen LogP contribution in [0.3, 0.4) is 0 Å². The van der Waals surface area contributed by atoms with Gasteiger partial charge in [0.1, 0.15) is 0 Å². The van der Waals surface area contributed by atoms with Crippen molar-refractivity contribution in [3.8, 4) is 11.5 Å². The first-order chi connectivity index (χ1) is 19.6. The van der Waals surface area contributed by atoms with Crippen molar-refractivity contribution in [2.24, 2.45) is 0 Å². The second-order valence-corrected chi connectivity index (χ2v) is 9.82. The molecule has 0 heterocycles. The molecule has 1 rings (SSSR count). The number of unbranched alkanes of at least 4 members (excludes halogenated alkanes) is 8. The molecule has 0 saturated heterocycles. The van der Waals surface area contributed by atoms with Gasteiger partial charge in [0.25, 0.3) is 0 Å². The molecule has 2 amide bonds. The van der Waals surface area contributed by atoms with Gasteiger partial charge in [-0.3, -0.25) is 9.59 Å². The largest absolute Gasteiger partial charge is 0.493 e. The van der Waals surface area contributed by atoms with Gasteiger partial charge in [0, 0.05) is 38.7 Å². The minimum Gasteiger partial charge on any atom is -0.493 e. The highest BCUT2D eigenvalue weighted by Gasteiger charge is 2.03. The maximum Gasteiger partial charge on any atom is 0.244 e. The number of carbonyl (C=O) groups excluding carboxylic acids is 2. The van der Waals surface area contributed by atoms with Crippen molar-refractivity contribution in [3.05, 3.63) is 54.1 Å². The number of ether oxygens (including phenoxy) is 2. The van der Waals surface area contributed by atoms with Crippen molar-refractivity contribution < 1.29 is 19.1 Å². The lowest BCUT2D eigenvalue weighted by Gasteiger charge is -2.08. The Hall–Kier alpha value is -3.06. The van der Waals surface area contributed by atoms with E-state index in [1.54, 1.807) is 26.4 Å². The Morgan fingerprint density at radius 1 is 0.750 bits per heavy atom. The van der Waals surface area contributed by atoms with Gasteiger partial charge in [-0.25, -0.2) is 0 Å². The molecule has 1 aromatic rings. The van der Waals surface area contributed by atoms with Gasteiger partial charge in [0.15, 0.2) is 11.5 Å². The molecule has 7 nitrogen and oxygen atoms in total. The van der Waals surface area contributed by atoms with Gasteiger partial charge in [-0.15, -0.1) is 0 Å². The number of carbonyl (C=O) groups is 2. The van der Waals surface area contributed by atoms with Crippen molar-refractivity contribution in [1.29, 1.82) is 0 Å². The minimum atomic E-state index is -0.165. The number of rotatable bonds is 24. The van der Waals surface area contributed by atoms with Crippen LogP contribution in [0.25, 0.3) is 6.08 Å². The molecule has 224 valence electrons. The molecule has 1 aromatic carbocycles. The Morgan fingerprint density at radius 2 is 1.40 bits per heavy atom. The lowest BCUT2D eigenvalue weighted by Crippen LogP contribution is -2.35. The Kier molecular flexibility index (Phi) is 21.8. The van der Waals surface area contributed by atoms with E-state index in [-0.39, 0.29) is 11.8 Å². The molecule has 0 saturated carbocycles. The van der Waals surface area contributed by atoms with Crippen molar-refractivity contribution in [2.45, 2.75) is 84.0 Å². The summed E-state index contributed by atoms with van der Waals surface area (Å²) in [6, 6.07) is 5.47. The number of hydrogen-bond acceptors (Lipinski definition) is 5. The first kappa shape index (κ1) is 35.0. The van der Waals surface area contributed by atoms with Crippen molar-refractivity contribution in [2.75, 3.05) is 40.4 Å². The monoisotopic (exact) mass is 555 g/mol. The predicted octanol–water partition coefficient (Wildman–Crippen LogP) is 6.35. The quantitative estimate of drug-likeness (QED) is 0.0786. The fourth-order valence-electron chi connectivity index (χ4n) is 4.06. The van der Waals surface area contributed by atoms with Crippen molar-refractivity contribution in [3.63, 3.8) is 0 Å². The molecule has 0 aliphatic heterocycles. The fraction of sp³-hybridized carbons (Fsp3) is 0.576. The van der Waals surface area contributed by atoms with E-state index in [9.17, 15) is 9.59 Å². The van der Waals surface area contributed by atoms with Gasteiger partial charge in [-0.2, -0.15) is 0 Å². The predicted molar refractivity (Wildman–Crippen MR) is 167 cm³/mol. The van der Waals surface area contributed by atoms with Gasteiger partial charge in [0.2, 0.25) is 11.8 Å². The van der Waals surface area contributed by atoms with Gasteiger partial charge >= 0.3 is 0 Å². The van der Waals surface area contributed by atoms with Crippen LogP contribution in [0.2, 0.25) is 0 Å². The zero-order valence-corrected chi connectivity index (χ0v) is 25.1. The van der Waals surface area contributed by atoms with Crippen LogP contribution in [0.4, 0.5) is 0 Å². The molecule has 0 aliphatic rings. The third-order valence-corrected chi connectivity index (χ3v) is 6.41. The maximum absolute atomic E-state index is 12.0. The topological polar surface area (TPSA) is 88.7 Å². The second kappa shape index (κ2) is 24.9. The maximum atomic E-state index is 12.0. The third-order valence-electron chi connectivity index (χ3n) is 6.41. The molecule has 0 fully saturated rings. The number of hydrogen-bond donors (Lipinski definition) is 3. The van der Waals surface area contributed by atoms with Crippen LogP contribution in [0.15, 0.2) is 48.6 Å². The molecule has 3 N–H and O–H groups in total. The molecule has 0 aliphatic carbocycles. The first-order valence-electron chi connectivity index (χ1n) is 15.1. The third kappa shape index (κ3) is 19.1. The van der Waals surface area contributed by atoms with E-state index in [1.165, 1.54) is 51.0 Å². The summed E-state index contributed by atoms with van der Waals surface area (Å²) in [5, 5.41) is 9.02. The lowest BCUT2D eigenvalue weighted by molar-refractivity contribution is -0.121. The van der Waals surface area contributed by atoms with E-state index in [1.807, 2.05) is 12.1 Å². The molecule has 0 aromatic heterocycles. The van der Waals surface area contributed by atoms with Gasteiger partial charge in [0.05, 0.1) is 14.2 Å². The Balaban J connectivity index is 1.93. The highest BCUT2D eigenvalue weighted by atomic mass is 16.5. The Labute approximate surface area is 242 Å². The average Bonchev–Trinajstić information content (AvgIpc) is 2.97. The van der Waals surface area contributed by atoms with Gasteiger partial charge in [-0.05, 0) is 62.3 Å². The smallest absolute Gasteiger partial charge is 0.244 e. The summed E-state index contributed by atoms with van der Waals surface area (Å²) >= 11 is 0. The number of benzene rings is 1. The highest BCUT2D eigenvalue weighted by molar-refractivity contribution is 5.91. The van der Waals surface area contributed by atoms with E-state index in [2.05, 4.69) is 47.2 Å². The highest BCUT2D eigenvalue weighted by Crippen LogP contribution is 2.27. The van der Waals surface area contributed by atoms with Crippen LogP contribution in [-0.2, 0) is 9.59 Å². The van der Waals surface area contributed by atoms with E-state index in [0.29, 0.717) is 44.1 Å². The van der Waals surface area contributed by atoms with E-state index in [4.69, 9.17) is 9.47 Å². The van der Waals surface area contributed by atoms with E-state index >= 15 is 0 Å². The molecular weight excluding hydrogens is 502 g/mol. The van der Waals surface area contributed by atoms with Gasteiger partial charge in [-0.1, -0.05) is 69.4 Å². The minimum absolute atomic E-state index is 0.112. The lowest BCUT2D eigenvalue weighted by atomic mass is 10.1. The number of methoxy groups -OCH3 is 2. The standard InChI is InChI=1S/C33H53N3O4/c1-4-5-6-7-8-9-10-11-12-13-14-15-16-17-18-19-32(37)35-26-24-34-25-27-36-33(38)23-21-29-20-22-30(39-2)31(28-29)40-3/h8-9,11-12,20-23,28,34H,4-7,10,13-19,24-27H2,1-3H3,(H,35,37)(H,36,38)/b9-8-,12-11-,23-21+. The number of nitrogens with one attached hydrogen (secondary N) is 3. The number of amides is 2. The van der Waals surface area contributed by atoms with Crippen LogP contribution >= 0.6 is 0 Å². The molecule has 0 radical (unpaired) electrons. The summed E-state index contributed by atoms with van der Waals surface area (Å²) < 4.78 is 10.5. The first-order valence-corrected chi connectivity index (χ1v) is 15.1.